The van der Waals surface area contributed by atoms with Gasteiger partial charge in [0.15, 0.2) is 0 Å². The topological polar surface area (TPSA) is 131 Å². The fraction of sp³-hybridized carbons (Fsp3) is 0. The second-order valence-electron chi connectivity index (χ2n) is 5.73. The maximum Gasteiger partial charge on any atom is 0.271 e. The van der Waals surface area contributed by atoms with Gasteiger partial charge in [0.1, 0.15) is 10.7 Å². The number of hydrogen-bond acceptors (Lipinski definition) is 6. The number of pyridine rings is 1. The third kappa shape index (κ3) is 4.95. The first-order valence-corrected chi connectivity index (χ1v) is 10.3. The molecule has 1 amide bonds. The highest BCUT2D eigenvalue weighted by Gasteiger charge is 2.21. The zero-order chi connectivity index (χ0) is 21.0. The van der Waals surface area contributed by atoms with E-state index in [2.05, 4.69) is 31.0 Å². The predicted octanol–water partition coefficient (Wildman–Crippen LogP) is 3.81. The van der Waals surface area contributed by atoms with E-state index in [-0.39, 0.29) is 32.1 Å². The van der Waals surface area contributed by atoms with E-state index in [1.807, 2.05) is 0 Å². The first-order chi connectivity index (χ1) is 13.8. The molecule has 148 valence electrons. The van der Waals surface area contributed by atoms with Crippen LogP contribution in [0.5, 0.6) is 0 Å². The van der Waals surface area contributed by atoms with Crippen molar-refractivity contribution in [2.45, 2.75) is 4.90 Å². The van der Waals surface area contributed by atoms with Crippen molar-refractivity contribution in [1.82, 2.24) is 4.98 Å². The number of benzene rings is 2. The summed E-state index contributed by atoms with van der Waals surface area (Å²) in [5.41, 5.74) is 0.0886. The van der Waals surface area contributed by atoms with Crippen molar-refractivity contribution in [3.8, 4) is 0 Å². The van der Waals surface area contributed by atoms with Gasteiger partial charge >= 0.3 is 0 Å². The lowest BCUT2D eigenvalue weighted by molar-refractivity contribution is -0.384. The van der Waals surface area contributed by atoms with Crippen molar-refractivity contribution in [1.29, 1.82) is 0 Å². The Kier molecular flexibility index (Phi) is 5.89. The summed E-state index contributed by atoms with van der Waals surface area (Å²) in [6.07, 6.45) is 1.44. The van der Waals surface area contributed by atoms with Crippen molar-refractivity contribution in [2.24, 2.45) is 0 Å². The number of amides is 1. The van der Waals surface area contributed by atoms with Crippen LogP contribution in [-0.4, -0.2) is 24.2 Å². The fourth-order valence-corrected chi connectivity index (χ4v) is 4.37. The number of halogens is 1. The summed E-state index contributed by atoms with van der Waals surface area (Å²) >= 11 is 3.17. The summed E-state index contributed by atoms with van der Waals surface area (Å²) in [5.74, 6) is -0.488. The summed E-state index contributed by atoms with van der Waals surface area (Å²) in [7, 11) is -4.02. The van der Waals surface area contributed by atoms with E-state index in [1.165, 1.54) is 54.7 Å². The Bertz CT molecular complexity index is 1190. The third-order valence-corrected chi connectivity index (χ3v) is 6.05. The normalized spacial score (nSPS) is 10.9. The smallest absolute Gasteiger partial charge is 0.271 e. The average molecular weight is 477 g/mol. The zero-order valence-corrected chi connectivity index (χ0v) is 17.0. The van der Waals surface area contributed by atoms with Crippen LogP contribution in [0.1, 0.15) is 10.4 Å². The summed E-state index contributed by atoms with van der Waals surface area (Å²) in [6, 6.07) is 14.2. The van der Waals surface area contributed by atoms with Crippen LogP contribution in [0, 0.1) is 10.1 Å². The number of nitro groups is 1. The van der Waals surface area contributed by atoms with E-state index < -0.39 is 20.9 Å². The molecule has 0 bridgehead atoms. The standard InChI is InChI=1S/C18H13BrN4O5S/c19-15-8-7-12(18(24)21-13-4-3-5-14(11-13)23(25)26)10-16(15)29(27,28)22-17-6-1-2-9-20-17/h1-11H,(H,20,22)(H,21,24). The van der Waals surface area contributed by atoms with Crippen LogP contribution >= 0.6 is 15.9 Å². The summed E-state index contributed by atoms with van der Waals surface area (Å²) < 4.78 is 28.0. The lowest BCUT2D eigenvalue weighted by Crippen LogP contribution is -2.17. The van der Waals surface area contributed by atoms with Crippen LogP contribution in [0.2, 0.25) is 0 Å². The number of hydrogen-bond donors (Lipinski definition) is 2. The lowest BCUT2D eigenvalue weighted by Gasteiger charge is -2.11. The molecule has 0 atom stereocenters. The number of nitro benzene ring substituents is 1. The quantitative estimate of drug-likeness (QED) is 0.410. The van der Waals surface area contributed by atoms with Gasteiger partial charge in [0.25, 0.3) is 21.6 Å². The highest BCUT2D eigenvalue weighted by Crippen LogP contribution is 2.26. The molecule has 3 rings (SSSR count). The molecule has 0 aliphatic carbocycles. The van der Waals surface area contributed by atoms with Gasteiger partial charge in [-0.1, -0.05) is 12.1 Å². The van der Waals surface area contributed by atoms with Gasteiger partial charge in [0, 0.05) is 34.1 Å². The number of anilines is 2. The molecular weight excluding hydrogens is 464 g/mol. The minimum Gasteiger partial charge on any atom is -0.322 e. The SMILES string of the molecule is O=C(Nc1cccc([N+](=O)[O-])c1)c1ccc(Br)c(S(=O)(=O)Nc2ccccn2)c1. The Morgan fingerprint density at radius 2 is 1.86 bits per heavy atom. The molecular formula is C18H13BrN4O5S. The molecule has 0 radical (unpaired) electrons. The number of carbonyl (C=O) groups is 1. The van der Waals surface area contributed by atoms with E-state index in [9.17, 15) is 23.3 Å². The van der Waals surface area contributed by atoms with Crippen LogP contribution in [0.3, 0.4) is 0 Å². The first kappa shape index (κ1) is 20.4. The van der Waals surface area contributed by atoms with E-state index in [1.54, 1.807) is 12.1 Å². The Balaban J connectivity index is 1.87. The van der Waals surface area contributed by atoms with Gasteiger partial charge in [-0.05, 0) is 52.3 Å². The second kappa shape index (κ2) is 8.37. The van der Waals surface area contributed by atoms with Crippen LogP contribution in [0.4, 0.5) is 17.2 Å². The summed E-state index contributed by atoms with van der Waals surface area (Å²) in [6.45, 7) is 0. The Labute approximate surface area is 174 Å². The number of sulfonamides is 1. The minimum atomic E-state index is -4.02. The first-order valence-electron chi connectivity index (χ1n) is 8.05. The molecule has 0 spiro atoms. The number of non-ortho nitro benzene ring substituents is 1. The molecule has 3 aromatic rings. The van der Waals surface area contributed by atoms with Gasteiger partial charge in [0.2, 0.25) is 0 Å². The van der Waals surface area contributed by atoms with Crippen molar-refractivity contribution in [2.75, 3.05) is 10.0 Å². The Hall–Kier alpha value is -3.31. The highest BCUT2D eigenvalue weighted by atomic mass is 79.9. The number of aromatic nitrogens is 1. The molecule has 0 unspecified atom stereocenters. The Morgan fingerprint density at radius 1 is 1.07 bits per heavy atom. The van der Waals surface area contributed by atoms with Gasteiger partial charge in [-0.25, -0.2) is 13.4 Å². The van der Waals surface area contributed by atoms with E-state index in [4.69, 9.17) is 0 Å². The second-order valence-corrected chi connectivity index (χ2v) is 8.23. The van der Waals surface area contributed by atoms with Crippen molar-refractivity contribution >= 4 is 49.1 Å². The van der Waals surface area contributed by atoms with Crippen LogP contribution in [-0.2, 0) is 10.0 Å². The molecule has 2 N–H and O–H groups in total. The predicted molar refractivity (Wildman–Crippen MR) is 110 cm³/mol. The van der Waals surface area contributed by atoms with Gasteiger partial charge in [-0.15, -0.1) is 0 Å². The van der Waals surface area contributed by atoms with Gasteiger partial charge in [0.05, 0.1) is 4.92 Å². The van der Waals surface area contributed by atoms with Gasteiger partial charge in [-0.3, -0.25) is 19.6 Å². The maximum absolute atomic E-state index is 12.7. The number of carbonyl (C=O) groups excluding carboxylic acids is 1. The summed E-state index contributed by atoms with van der Waals surface area (Å²) in [5, 5.41) is 13.4. The summed E-state index contributed by atoms with van der Waals surface area (Å²) in [4.78, 5) is 26.6. The third-order valence-electron chi connectivity index (χ3n) is 3.70. The fourth-order valence-electron chi connectivity index (χ4n) is 2.37. The average Bonchev–Trinajstić information content (AvgIpc) is 2.68. The maximum atomic E-state index is 12.7. The molecule has 11 heteroatoms. The molecule has 29 heavy (non-hydrogen) atoms. The molecule has 1 aromatic heterocycles. The zero-order valence-electron chi connectivity index (χ0n) is 14.6. The van der Waals surface area contributed by atoms with Crippen LogP contribution in [0.25, 0.3) is 0 Å². The molecule has 0 saturated carbocycles. The van der Waals surface area contributed by atoms with Crippen molar-refractivity contribution in [3.05, 3.63) is 87.0 Å². The molecule has 0 fully saturated rings. The minimum absolute atomic E-state index is 0.0566. The van der Waals surface area contributed by atoms with Gasteiger partial charge < -0.3 is 5.32 Å². The van der Waals surface area contributed by atoms with E-state index >= 15 is 0 Å². The molecule has 0 aliphatic rings. The number of nitrogens with zero attached hydrogens (tertiary/aromatic N) is 2. The molecule has 2 aromatic carbocycles. The molecule has 1 heterocycles. The molecule has 0 aliphatic heterocycles. The largest absolute Gasteiger partial charge is 0.322 e. The number of nitrogens with one attached hydrogen (secondary N) is 2. The molecule has 0 saturated heterocycles. The van der Waals surface area contributed by atoms with E-state index in [0.29, 0.717) is 0 Å². The lowest BCUT2D eigenvalue weighted by atomic mass is 10.2. The van der Waals surface area contributed by atoms with Crippen LogP contribution < -0.4 is 10.0 Å². The van der Waals surface area contributed by atoms with E-state index in [0.717, 1.165) is 0 Å². The van der Waals surface area contributed by atoms with Crippen LogP contribution in [0.15, 0.2) is 76.2 Å². The van der Waals surface area contributed by atoms with Crippen molar-refractivity contribution in [3.63, 3.8) is 0 Å². The van der Waals surface area contributed by atoms with Crippen molar-refractivity contribution < 1.29 is 18.1 Å². The Morgan fingerprint density at radius 3 is 2.55 bits per heavy atom. The monoisotopic (exact) mass is 476 g/mol. The molecule has 9 nitrogen and oxygen atoms in total. The highest BCUT2D eigenvalue weighted by molar-refractivity contribution is 9.10. The van der Waals surface area contributed by atoms with Gasteiger partial charge in [-0.2, -0.15) is 0 Å². The number of rotatable bonds is 6.